The molecule has 0 atom stereocenters. The van der Waals surface area contributed by atoms with Gasteiger partial charge in [0.25, 0.3) is 0 Å². The van der Waals surface area contributed by atoms with Crippen molar-refractivity contribution in [3.63, 3.8) is 0 Å². The minimum atomic E-state index is 0.127. The van der Waals surface area contributed by atoms with E-state index >= 15 is 0 Å². The maximum absolute atomic E-state index is 8.95. The number of rotatable bonds is 3. The number of nitrogens with zero attached hydrogens (tertiary/aromatic N) is 1. The van der Waals surface area contributed by atoms with Gasteiger partial charge in [-0.2, -0.15) is 0 Å². The fraction of sp³-hybridized carbons (Fsp3) is 0.286. The molecule has 1 rings (SSSR count). The van der Waals surface area contributed by atoms with Crippen LogP contribution in [0.2, 0.25) is 0 Å². The molecule has 0 aliphatic rings. The first-order chi connectivity index (χ1) is 5.33. The molecule has 0 saturated heterocycles. The molecule has 0 saturated carbocycles. The Morgan fingerprint density at radius 1 is 1.55 bits per heavy atom. The summed E-state index contributed by atoms with van der Waals surface area (Å²) < 4.78 is 0. The molecule has 0 aliphatic carbocycles. The Morgan fingerprint density at radius 3 is 3.00 bits per heavy atom. The Balaban J connectivity index is 2.56. The maximum atomic E-state index is 8.95. The van der Waals surface area contributed by atoms with Crippen LogP contribution in [0.3, 0.4) is 0 Å². The second-order valence-electron chi connectivity index (χ2n) is 1.98. The standard InChI is InChI=1S/C7H9NO3/c1-10-11-5-6-2-7(9)4-8-3-6/h2-4,9H,5H2,1H3. The summed E-state index contributed by atoms with van der Waals surface area (Å²) in [4.78, 5) is 12.8. The minimum absolute atomic E-state index is 0.127. The molecule has 1 heterocycles. The van der Waals surface area contributed by atoms with E-state index in [1.165, 1.54) is 13.3 Å². The summed E-state index contributed by atoms with van der Waals surface area (Å²) in [5, 5.41) is 8.95. The van der Waals surface area contributed by atoms with E-state index in [9.17, 15) is 0 Å². The van der Waals surface area contributed by atoms with E-state index in [1.54, 1.807) is 12.3 Å². The molecule has 0 aromatic carbocycles. The van der Waals surface area contributed by atoms with Crippen molar-refractivity contribution >= 4 is 0 Å². The van der Waals surface area contributed by atoms with Crippen molar-refractivity contribution in [3.8, 4) is 5.75 Å². The third kappa shape index (κ3) is 2.53. The van der Waals surface area contributed by atoms with Gasteiger partial charge in [-0.15, -0.1) is 0 Å². The molecule has 0 amide bonds. The Hall–Kier alpha value is -1.13. The predicted octanol–water partition coefficient (Wildman–Crippen LogP) is 0.865. The highest BCUT2D eigenvalue weighted by Gasteiger charge is 1.94. The fourth-order valence-corrected chi connectivity index (χ4v) is 0.680. The van der Waals surface area contributed by atoms with Gasteiger partial charge in [-0.25, -0.2) is 9.78 Å². The maximum Gasteiger partial charge on any atom is 0.134 e. The molecule has 0 spiro atoms. The molecular formula is C7H9NO3. The summed E-state index contributed by atoms with van der Waals surface area (Å²) in [5.74, 6) is 0.127. The van der Waals surface area contributed by atoms with Crippen LogP contribution in [-0.4, -0.2) is 17.2 Å². The number of hydrogen-bond acceptors (Lipinski definition) is 4. The molecular weight excluding hydrogens is 146 g/mol. The summed E-state index contributed by atoms with van der Waals surface area (Å²) in [5.41, 5.74) is 0.770. The van der Waals surface area contributed by atoms with Crippen molar-refractivity contribution in [3.05, 3.63) is 24.0 Å². The molecule has 60 valence electrons. The lowest BCUT2D eigenvalue weighted by Crippen LogP contribution is -1.91. The van der Waals surface area contributed by atoms with Gasteiger partial charge in [-0.1, -0.05) is 0 Å². The zero-order valence-electron chi connectivity index (χ0n) is 6.15. The summed E-state index contributed by atoms with van der Waals surface area (Å²) >= 11 is 0. The Morgan fingerprint density at radius 2 is 2.36 bits per heavy atom. The third-order valence-corrected chi connectivity index (χ3v) is 1.12. The van der Waals surface area contributed by atoms with E-state index in [4.69, 9.17) is 5.11 Å². The molecule has 0 aliphatic heterocycles. The van der Waals surface area contributed by atoms with Gasteiger partial charge in [0.15, 0.2) is 0 Å². The Bertz CT molecular complexity index is 227. The molecule has 0 radical (unpaired) electrons. The lowest BCUT2D eigenvalue weighted by atomic mass is 10.3. The van der Waals surface area contributed by atoms with Crippen LogP contribution in [0.5, 0.6) is 5.75 Å². The van der Waals surface area contributed by atoms with E-state index in [1.807, 2.05) is 0 Å². The van der Waals surface area contributed by atoms with Crippen molar-refractivity contribution in [2.24, 2.45) is 0 Å². The van der Waals surface area contributed by atoms with Crippen molar-refractivity contribution in [2.45, 2.75) is 6.61 Å². The lowest BCUT2D eigenvalue weighted by Gasteiger charge is -1.99. The van der Waals surface area contributed by atoms with E-state index in [0.717, 1.165) is 5.56 Å². The molecule has 1 aromatic heterocycles. The van der Waals surface area contributed by atoms with Gasteiger partial charge < -0.3 is 5.11 Å². The van der Waals surface area contributed by atoms with Crippen molar-refractivity contribution in [2.75, 3.05) is 7.11 Å². The zero-order chi connectivity index (χ0) is 8.10. The minimum Gasteiger partial charge on any atom is -0.506 e. The molecule has 1 aromatic rings. The Kier molecular flexibility index (Phi) is 2.83. The monoisotopic (exact) mass is 155 g/mol. The summed E-state index contributed by atoms with van der Waals surface area (Å²) in [6.07, 6.45) is 2.95. The predicted molar refractivity (Wildman–Crippen MR) is 37.7 cm³/mol. The summed E-state index contributed by atoms with van der Waals surface area (Å²) in [6.45, 7) is 0.290. The number of hydrogen-bond donors (Lipinski definition) is 1. The van der Waals surface area contributed by atoms with Crippen molar-refractivity contribution < 1.29 is 14.9 Å². The van der Waals surface area contributed by atoms with Crippen molar-refractivity contribution in [1.29, 1.82) is 0 Å². The SMILES string of the molecule is COOCc1cncc(O)c1. The van der Waals surface area contributed by atoms with Gasteiger partial charge >= 0.3 is 0 Å². The quantitative estimate of drug-likeness (QED) is 0.519. The van der Waals surface area contributed by atoms with E-state index < -0.39 is 0 Å². The van der Waals surface area contributed by atoms with Crippen LogP contribution in [0.4, 0.5) is 0 Å². The second kappa shape index (κ2) is 3.90. The topological polar surface area (TPSA) is 51.6 Å². The highest BCUT2D eigenvalue weighted by atomic mass is 17.2. The van der Waals surface area contributed by atoms with Gasteiger partial charge in [0.05, 0.1) is 13.3 Å². The van der Waals surface area contributed by atoms with Crippen LogP contribution in [0.25, 0.3) is 0 Å². The van der Waals surface area contributed by atoms with E-state index in [-0.39, 0.29) is 12.4 Å². The van der Waals surface area contributed by atoms with Gasteiger partial charge in [0.2, 0.25) is 0 Å². The summed E-state index contributed by atoms with van der Waals surface area (Å²) in [7, 11) is 1.43. The lowest BCUT2D eigenvalue weighted by molar-refractivity contribution is -0.282. The first kappa shape index (κ1) is 7.97. The molecule has 0 fully saturated rings. The number of aromatic nitrogens is 1. The molecule has 0 unspecified atom stereocenters. The highest BCUT2D eigenvalue weighted by Crippen LogP contribution is 2.08. The zero-order valence-corrected chi connectivity index (χ0v) is 6.15. The van der Waals surface area contributed by atoms with Crippen LogP contribution in [-0.2, 0) is 16.4 Å². The van der Waals surface area contributed by atoms with Crippen LogP contribution in [0.1, 0.15) is 5.56 Å². The first-order valence-corrected chi connectivity index (χ1v) is 3.11. The third-order valence-electron chi connectivity index (χ3n) is 1.12. The van der Waals surface area contributed by atoms with E-state index in [0.29, 0.717) is 0 Å². The van der Waals surface area contributed by atoms with Crippen molar-refractivity contribution in [1.82, 2.24) is 4.98 Å². The first-order valence-electron chi connectivity index (χ1n) is 3.11. The second-order valence-corrected chi connectivity index (χ2v) is 1.98. The number of pyridine rings is 1. The molecule has 4 nitrogen and oxygen atoms in total. The number of aromatic hydroxyl groups is 1. The molecule has 11 heavy (non-hydrogen) atoms. The van der Waals surface area contributed by atoms with Gasteiger partial charge in [-0.05, 0) is 6.07 Å². The largest absolute Gasteiger partial charge is 0.506 e. The molecule has 0 bridgehead atoms. The van der Waals surface area contributed by atoms with Crippen LogP contribution in [0, 0.1) is 0 Å². The Labute approximate surface area is 64.3 Å². The molecule has 4 heteroatoms. The van der Waals surface area contributed by atoms with Crippen LogP contribution >= 0.6 is 0 Å². The van der Waals surface area contributed by atoms with Gasteiger partial charge in [0.1, 0.15) is 12.4 Å². The van der Waals surface area contributed by atoms with Crippen LogP contribution < -0.4 is 0 Å². The molecule has 1 N–H and O–H groups in total. The fourth-order valence-electron chi connectivity index (χ4n) is 0.680. The van der Waals surface area contributed by atoms with Crippen LogP contribution in [0.15, 0.2) is 18.5 Å². The highest BCUT2D eigenvalue weighted by molar-refractivity contribution is 5.21. The average molecular weight is 155 g/mol. The average Bonchev–Trinajstić information content (AvgIpc) is 2.01. The van der Waals surface area contributed by atoms with E-state index in [2.05, 4.69) is 14.8 Å². The van der Waals surface area contributed by atoms with Gasteiger partial charge in [-0.3, -0.25) is 4.98 Å². The normalized spacial score (nSPS) is 9.91. The smallest absolute Gasteiger partial charge is 0.134 e. The van der Waals surface area contributed by atoms with Gasteiger partial charge in [0, 0.05) is 11.8 Å². The summed E-state index contributed by atoms with van der Waals surface area (Å²) in [6, 6.07) is 1.56.